The van der Waals surface area contributed by atoms with Gasteiger partial charge in [-0.3, -0.25) is 9.78 Å². The summed E-state index contributed by atoms with van der Waals surface area (Å²) in [6.45, 7) is 0.318. The molecule has 0 radical (unpaired) electrons. The molecule has 2 heterocycles. The molecule has 0 spiro atoms. The fourth-order valence-electron chi connectivity index (χ4n) is 3.38. The molecule has 1 N–H and O–H groups in total. The van der Waals surface area contributed by atoms with Crippen molar-refractivity contribution in [2.75, 3.05) is 19.0 Å². The summed E-state index contributed by atoms with van der Waals surface area (Å²) >= 11 is 6.13. The van der Waals surface area contributed by atoms with Crippen molar-refractivity contribution in [1.82, 2.24) is 4.98 Å². The molecule has 0 fully saturated rings. The topological polar surface area (TPSA) is 60.5 Å². The van der Waals surface area contributed by atoms with E-state index >= 15 is 0 Å². The van der Waals surface area contributed by atoms with Crippen molar-refractivity contribution in [3.05, 3.63) is 65.2 Å². The molecule has 0 bridgehead atoms. The van der Waals surface area contributed by atoms with Gasteiger partial charge in [-0.1, -0.05) is 11.6 Å². The second-order valence-electron chi connectivity index (χ2n) is 6.28. The lowest BCUT2D eigenvalue weighted by atomic mass is 9.86. The summed E-state index contributed by atoms with van der Waals surface area (Å²) < 4.78 is 25.0. The molecule has 1 atom stereocenters. The molecular formula is C20H16ClFN2O3. The van der Waals surface area contributed by atoms with Crippen LogP contribution >= 0.6 is 11.6 Å². The zero-order valence-corrected chi connectivity index (χ0v) is 15.2. The second-order valence-corrected chi connectivity index (χ2v) is 6.71. The number of aromatic nitrogens is 1. The van der Waals surface area contributed by atoms with Crippen LogP contribution in [-0.2, 0) is 15.1 Å². The van der Waals surface area contributed by atoms with Crippen LogP contribution in [0.5, 0.6) is 5.75 Å². The average molecular weight is 387 g/mol. The van der Waals surface area contributed by atoms with Crippen molar-refractivity contribution in [3.8, 4) is 5.75 Å². The van der Waals surface area contributed by atoms with E-state index in [-0.39, 0.29) is 0 Å². The molecule has 0 aliphatic carbocycles. The Morgan fingerprint density at radius 1 is 1.30 bits per heavy atom. The third-order valence-corrected chi connectivity index (χ3v) is 5.01. The molecular weight excluding hydrogens is 371 g/mol. The summed E-state index contributed by atoms with van der Waals surface area (Å²) in [6, 6.07) is 9.40. The highest BCUT2D eigenvalue weighted by Crippen LogP contribution is 2.42. The molecule has 1 aliphatic heterocycles. The maximum Gasteiger partial charge on any atom is 0.261 e. The number of benzene rings is 2. The summed E-state index contributed by atoms with van der Waals surface area (Å²) in [4.78, 5) is 17.4. The van der Waals surface area contributed by atoms with E-state index < -0.39 is 17.3 Å². The van der Waals surface area contributed by atoms with Crippen LogP contribution in [-0.4, -0.2) is 24.6 Å². The number of amides is 1. The number of nitrogens with zero attached hydrogens (tertiary/aromatic N) is 1. The van der Waals surface area contributed by atoms with Crippen LogP contribution in [0.4, 0.5) is 10.1 Å². The second kappa shape index (κ2) is 6.79. The smallest absolute Gasteiger partial charge is 0.261 e. The molecule has 0 unspecified atom stereocenters. The molecule has 0 saturated heterocycles. The summed E-state index contributed by atoms with van der Waals surface area (Å²) in [5.41, 5.74) is -0.308. The Morgan fingerprint density at radius 3 is 2.96 bits per heavy atom. The number of hydrogen-bond donors (Lipinski definition) is 1. The maximum absolute atomic E-state index is 13.7. The first-order valence-electron chi connectivity index (χ1n) is 8.36. The normalized spacial score (nSPS) is 18.6. The Kier molecular flexibility index (Phi) is 4.45. The first kappa shape index (κ1) is 17.7. The van der Waals surface area contributed by atoms with E-state index in [1.54, 1.807) is 30.5 Å². The predicted molar refractivity (Wildman–Crippen MR) is 101 cm³/mol. The van der Waals surface area contributed by atoms with E-state index in [1.165, 1.54) is 25.4 Å². The molecule has 1 amide bonds. The van der Waals surface area contributed by atoms with Crippen LogP contribution in [0, 0.1) is 5.82 Å². The lowest BCUT2D eigenvalue weighted by molar-refractivity contribution is -0.142. The summed E-state index contributed by atoms with van der Waals surface area (Å²) in [5, 5.41) is 4.59. The maximum atomic E-state index is 13.7. The van der Waals surface area contributed by atoms with Crippen LogP contribution in [0.15, 0.2) is 48.8 Å². The summed E-state index contributed by atoms with van der Waals surface area (Å²) in [6.07, 6.45) is 3.41. The first-order valence-corrected chi connectivity index (χ1v) is 8.74. The van der Waals surface area contributed by atoms with Gasteiger partial charge in [0.05, 0.1) is 18.5 Å². The number of ether oxygens (including phenoxy) is 2. The molecule has 5 nitrogen and oxygen atoms in total. The van der Waals surface area contributed by atoms with Gasteiger partial charge in [0, 0.05) is 41.1 Å². The minimum Gasteiger partial charge on any atom is -0.493 e. The Labute approximate surface area is 160 Å². The van der Waals surface area contributed by atoms with Crippen molar-refractivity contribution in [2.45, 2.75) is 12.0 Å². The highest BCUT2D eigenvalue weighted by molar-refractivity contribution is 6.30. The average Bonchev–Trinajstić information content (AvgIpc) is 2.68. The summed E-state index contributed by atoms with van der Waals surface area (Å²) in [5.74, 6) is -0.242. The van der Waals surface area contributed by atoms with Gasteiger partial charge in [0.2, 0.25) is 0 Å². The number of pyridine rings is 1. The highest BCUT2D eigenvalue weighted by Gasteiger charge is 2.45. The van der Waals surface area contributed by atoms with Gasteiger partial charge >= 0.3 is 0 Å². The molecule has 7 heteroatoms. The Balaban J connectivity index is 1.77. The SMILES string of the molecule is CO[C@]1(C(=O)Nc2cncc3ccc(F)cc23)CCOc2ccc(Cl)cc21. The number of methoxy groups -OCH3 is 1. The number of anilines is 1. The van der Waals surface area contributed by atoms with E-state index in [0.717, 1.165) is 5.39 Å². The molecule has 27 heavy (non-hydrogen) atoms. The number of rotatable bonds is 3. The summed E-state index contributed by atoms with van der Waals surface area (Å²) in [7, 11) is 1.47. The van der Waals surface area contributed by atoms with Gasteiger partial charge in [-0.2, -0.15) is 0 Å². The van der Waals surface area contributed by atoms with Crippen molar-refractivity contribution >= 4 is 34.0 Å². The minimum atomic E-state index is -1.27. The third kappa shape index (κ3) is 3.01. The van der Waals surface area contributed by atoms with Crippen molar-refractivity contribution in [1.29, 1.82) is 0 Å². The minimum absolute atomic E-state index is 0.315. The molecule has 138 valence electrons. The molecule has 1 aliphatic rings. The van der Waals surface area contributed by atoms with E-state index in [9.17, 15) is 9.18 Å². The fourth-order valence-corrected chi connectivity index (χ4v) is 3.55. The van der Waals surface area contributed by atoms with Crippen molar-refractivity contribution < 1.29 is 18.7 Å². The lowest BCUT2D eigenvalue weighted by Crippen LogP contribution is -2.45. The zero-order valence-electron chi connectivity index (χ0n) is 14.5. The van der Waals surface area contributed by atoms with Crippen LogP contribution in [0.2, 0.25) is 5.02 Å². The Bertz CT molecular complexity index is 1040. The third-order valence-electron chi connectivity index (χ3n) is 4.77. The molecule has 3 aromatic rings. The molecule has 1 aromatic heterocycles. The molecule has 0 saturated carbocycles. The fraction of sp³-hybridized carbons (Fsp3) is 0.200. The van der Waals surface area contributed by atoms with Gasteiger partial charge in [0.25, 0.3) is 5.91 Å². The van der Waals surface area contributed by atoms with E-state index in [4.69, 9.17) is 21.1 Å². The predicted octanol–water partition coefficient (Wildman–Crippen LogP) is 4.29. The Hall–Kier alpha value is -2.70. The van der Waals surface area contributed by atoms with Gasteiger partial charge in [-0.25, -0.2) is 4.39 Å². The number of hydrogen-bond acceptors (Lipinski definition) is 4. The largest absolute Gasteiger partial charge is 0.493 e. The van der Waals surface area contributed by atoms with Gasteiger partial charge in [0.1, 0.15) is 11.6 Å². The lowest BCUT2D eigenvalue weighted by Gasteiger charge is -2.36. The standard InChI is InChI=1S/C20H16ClFN2O3/c1-26-20(6-7-27-18-5-3-13(21)8-16(18)20)19(25)24-17-11-23-10-12-2-4-14(22)9-15(12)17/h2-5,8-11H,6-7H2,1H3,(H,24,25)/t20-/m1/s1. The highest BCUT2D eigenvalue weighted by atomic mass is 35.5. The number of halogens is 2. The van der Waals surface area contributed by atoms with Crippen LogP contribution < -0.4 is 10.1 Å². The van der Waals surface area contributed by atoms with Crippen molar-refractivity contribution in [2.24, 2.45) is 0 Å². The number of nitrogens with one attached hydrogen (secondary N) is 1. The molecule has 4 rings (SSSR count). The van der Waals surface area contributed by atoms with Gasteiger partial charge in [-0.05, 0) is 36.4 Å². The van der Waals surface area contributed by atoms with Gasteiger partial charge in [0.15, 0.2) is 5.60 Å². The number of carbonyl (C=O) groups is 1. The Morgan fingerprint density at radius 2 is 2.15 bits per heavy atom. The van der Waals surface area contributed by atoms with Gasteiger partial charge < -0.3 is 14.8 Å². The van der Waals surface area contributed by atoms with Crippen LogP contribution in [0.25, 0.3) is 10.8 Å². The first-order chi connectivity index (χ1) is 13.0. The monoisotopic (exact) mass is 386 g/mol. The van der Waals surface area contributed by atoms with Gasteiger partial charge in [-0.15, -0.1) is 0 Å². The van der Waals surface area contributed by atoms with E-state index in [2.05, 4.69) is 10.3 Å². The quantitative estimate of drug-likeness (QED) is 0.729. The van der Waals surface area contributed by atoms with E-state index in [0.29, 0.717) is 40.4 Å². The zero-order chi connectivity index (χ0) is 19.0. The van der Waals surface area contributed by atoms with Crippen LogP contribution in [0.3, 0.4) is 0 Å². The van der Waals surface area contributed by atoms with Crippen molar-refractivity contribution in [3.63, 3.8) is 0 Å². The number of carbonyl (C=O) groups excluding carboxylic acids is 1. The van der Waals surface area contributed by atoms with E-state index in [1.807, 2.05) is 0 Å². The van der Waals surface area contributed by atoms with Crippen LogP contribution in [0.1, 0.15) is 12.0 Å². The number of fused-ring (bicyclic) bond motifs is 2. The molecule has 2 aromatic carbocycles.